The van der Waals surface area contributed by atoms with E-state index in [1.54, 1.807) is 0 Å². The number of para-hydroxylation sites is 1. The molecule has 1 saturated heterocycles. The van der Waals surface area contributed by atoms with Gasteiger partial charge < -0.3 is 15.0 Å². The first-order valence-electron chi connectivity index (χ1n) is 7.40. The Morgan fingerprint density at radius 3 is 3.05 bits per heavy atom. The van der Waals surface area contributed by atoms with Crippen LogP contribution in [-0.2, 0) is 6.42 Å². The van der Waals surface area contributed by atoms with Gasteiger partial charge in [0.25, 0.3) is 0 Å². The van der Waals surface area contributed by atoms with Gasteiger partial charge >= 0.3 is 0 Å². The summed E-state index contributed by atoms with van der Waals surface area (Å²) in [7, 11) is 2.18. The monoisotopic (exact) mass is 260 g/mol. The molecule has 0 bridgehead atoms. The van der Waals surface area contributed by atoms with Gasteiger partial charge in [-0.25, -0.2) is 0 Å². The fraction of sp³-hybridized carbons (Fsp3) is 0.625. The molecular formula is C16H24N2O. The summed E-state index contributed by atoms with van der Waals surface area (Å²) in [6.07, 6.45) is 4.74. The van der Waals surface area contributed by atoms with Crippen molar-refractivity contribution in [3.05, 3.63) is 23.8 Å². The molecule has 1 atom stereocenters. The highest BCUT2D eigenvalue weighted by Crippen LogP contribution is 2.36. The lowest BCUT2D eigenvalue weighted by atomic mass is 9.94. The highest BCUT2D eigenvalue weighted by molar-refractivity contribution is 5.63. The number of likely N-dealkylation sites (N-methyl/N-ethyl adjacent to an activating group) is 1. The van der Waals surface area contributed by atoms with Crippen molar-refractivity contribution >= 4 is 5.69 Å². The summed E-state index contributed by atoms with van der Waals surface area (Å²) in [5, 5.41) is 3.51. The highest BCUT2D eigenvalue weighted by atomic mass is 16.5. The van der Waals surface area contributed by atoms with E-state index in [2.05, 4.69) is 42.4 Å². The molecule has 3 heteroatoms. The van der Waals surface area contributed by atoms with Crippen molar-refractivity contribution in [1.82, 2.24) is 4.90 Å². The predicted octanol–water partition coefficient (Wildman–Crippen LogP) is 2.91. The van der Waals surface area contributed by atoms with Crippen LogP contribution in [0.3, 0.4) is 0 Å². The van der Waals surface area contributed by atoms with E-state index in [0.29, 0.717) is 0 Å². The van der Waals surface area contributed by atoms with E-state index in [9.17, 15) is 0 Å². The Kier molecular flexibility index (Phi) is 3.40. The molecule has 1 unspecified atom stereocenters. The number of aryl methyl sites for hydroxylation is 1. The third kappa shape index (κ3) is 2.71. The molecule has 3 rings (SSSR count). The number of piperidine rings is 1. The minimum Gasteiger partial charge on any atom is -0.484 e. The molecule has 1 N–H and O–H groups in total. The molecule has 0 aliphatic carbocycles. The Morgan fingerprint density at radius 1 is 1.32 bits per heavy atom. The third-order valence-electron chi connectivity index (χ3n) is 4.24. The van der Waals surface area contributed by atoms with Crippen LogP contribution in [-0.4, -0.2) is 37.2 Å². The quantitative estimate of drug-likeness (QED) is 0.885. The number of hydrogen-bond donors (Lipinski definition) is 1. The fourth-order valence-corrected chi connectivity index (χ4v) is 3.36. The zero-order valence-corrected chi connectivity index (χ0v) is 12.0. The van der Waals surface area contributed by atoms with E-state index in [0.717, 1.165) is 31.7 Å². The minimum atomic E-state index is -0.0543. The van der Waals surface area contributed by atoms with Crippen LogP contribution < -0.4 is 10.1 Å². The SMILES string of the molecule is CN1CCCC(C)(Oc2cccc3c2NCCC3)C1. The average molecular weight is 260 g/mol. The molecule has 0 radical (unpaired) electrons. The first-order chi connectivity index (χ1) is 9.16. The lowest BCUT2D eigenvalue weighted by Crippen LogP contribution is -2.48. The van der Waals surface area contributed by atoms with Crippen molar-refractivity contribution in [3.63, 3.8) is 0 Å². The molecule has 0 amide bonds. The van der Waals surface area contributed by atoms with E-state index >= 15 is 0 Å². The number of nitrogens with one attached hydrogen (secondary N) is 1. The maximum atomic E-state index is 6.41. The van der Waals surface area contributed by atoms with Crippen LogP contribution in [0.4, 0.5) is 5.69 Å². The maximum Gasteiger partial charge on any atom is 0.143 e. The van der Waals surface area contributed by atoms with Gasteiger partial charge in [-0.2, -0.15) is 0 Å². The van der Waals surface area contributed by atoms with Gasteiger partial charge in [0.15, 0.2) is 0 Å². The summed E-state index contributed by atoms with van der Waals surface area (Å²) >= 11 is 0. The van der Waals surface area contributed by atoms with E-state index in [-0.39, 0.29) is 5.60 Å². The number of nitrogens with zero attached hydrogens (tertiary/aromatic N) is 1. The molecular weight excluding hydrogens is 236 g/mol. The molecule has 0 aromatic heterocycles. The lowest BCUT2D eigenvalue weighted by Gasteiger charge is -2.39. The second-order valence-corrected chi connectivity index (χ2v) is 6.21. The largest absolute Gasteiger partial charge is 0.484 e. The second-order valence-electron chi connectivity index (χ2n) is 6.21. The van der Waals surface area contributed by atoms with Crippen molar-refractivity contribution in [2.24, 2.45) is 0 Å². The van der Waals surface area contributed by atoms with E-state index in [1.165, 1.54) is 30.6 Å². The number of likely N-dealkylation sites (tertiary alicyclic amines) is 1. The van der Waals surface area contributed by atoms with Crippen LogP contribution in [0.2, 0.25) is 0 Å². The predicted molar refractivity (Wildman–Crippen MR) is 79.0 cm³/mol. The second kappa shape index (κ2) is 5.04. The zero-order valence-electron chi connectivity index (χ0n) is 12.0. The van der Waals surface area contributed by atoms with Gasteiger partial charge in [-0.3, -0.25) is 0 Å². The van der Waals surface area contributed by atoms with Gasteiger partial charge in [0.1, 0.15) is 11.4 Å². The van der Waals surface area contributed by atoms with Crippen molar-refractivity contribution in [3.8, 4) is 5.75 Å². The van der Waals surface area contributed by atoms with Crippen molar-refractivity contribution < 1.29 is 4.74 Å². The van der Waals surface area contributed by atoms with Crippen LogP contribution in [0.1, 0.15) is 31.7 Å². The first kappa shape index (κ1) is 12.8. The fourth-order valence-electron chi connectivity index (χ4n) is 3.36. The normalized spacial score (nSPS) is 27.5. The third-order valence-corrected chi connectivity index (χ3v) is 4.24. The smallest absolute Gasteiger partial charge is 0.143 e. The number of anilines is 1. The van der Waals surface area contributed by atoms with E-state index in [4.69, 9.17) is 4.74 Å². The molecule has 19 heavy (non-hydrogen) atoms. The maximum absolute atomic E-state index is 6.41. The van der Waals surface area contributed by atoms with Gasteiger partial charge in [0, 0.05) is 13.1 Å². The molecule has 1 fully saturated rings. The van der Waals surface area contributed by atoms with Crippen LogP contribution in [0, 0.1) is 0 Å². The number of hydrogen-bond acceptors (Lipinski definition) is 3. The molecule has 2 heterocycles. The van der Waals surface area contributed by atoms with Crippen LogP contribution in [0.15, 0.2) is 18.2 Å². The summed E-state index contributed by atoms with van der Waals surface area (Å²) in [6, 6.07) is 6.44. The topological polar surface area (TPSA) is 24.5 Å². The Bertz CT molecular complexity index is 460. The lowest BCUT2D eigenvalue weighted by molar-refractivity contribution is 0.0160. The molecule has 2 aliphatic rings. The van der Waals surface area contributed by atoms with Crippen molar-refractivity contribution in [1.29, 1.82) is 0 Å². The highest BCUT2D eigenvalue weighted by Gasteiger charge is 2.32. The Hall–Kier alpha value is -1.22. The van der Waals surface area contributed by atoms with Crippen molar-refractivity contribution in [2.45, 2.75) is 38.2 Å². The molecule has 0 spiro atoms. The number of fused-ring (bicyclic) bond motifs is 1. The van der Waals surface area contributed by atoms with E-state index in [1.807, 2.05) is 0 Å². The molecule has 2 aliphatic heterocycles. The molecule has 0 saturated carbocycles. The van der Waals surface area contributed by atoms with E-state index < -0.39 is 0 Å². The standard InChI is InChI=1S/C16H24N2O/c1-16(9-5-11-18(2)12-16)19-14-8-3-6-13-7-4-10-17-15(13)14/h3,6,8,17H,4-5,7,9-12H2,1-2H3. The molecule has 104 valence electrons. The Balaban J connectivity index is 1.83. The summed E-state index contributed by atoms with van der Waals surface area (Å²) < 4.78 is 6.41. The van der Waals surface area contributed by atoms with Gasteiger partial charge in [0.05, 0.1) is 5.69 Å². The zero-order chi connectivity index (χ0) is 13.3. The Labute approximate surface area is 115 Å². The summed E-state index contributed by atoms with van der Waals surface area (Å²) in [4.78, 5) is 2.37. The van der Waals surface area contributed by atoms with Gasteiger partial charge in [-0.05, 0) is 57.8 Å². The molecule has 3 nitrogen and oxygen atoms in total. The number of benzene rings is 1. The molecule has 1 aromatic carbocycles. The van der Waals surface area contributed by atoms with Crippen LogP contribution >= 0.6 is 0 Å². The average Bonchev–Trinajstić information content (AvgIpc) is 2.38. The summed E-state index contributed by atoms with van der Waals surface area (Å²) in [5.41, 5.74) is 2.57. The van der Waals surface area contributed by atoms with Crippen LogP contribution in [0.5, 0.6) is 5.75 Å². The van der Waals surface area contributed by atoms with Gasteiger partial charge in [0.2, 0.25) is 0 Å². The summed E-state index contributed by atoms with van der Waals surface area (Å²) in [5.74, 6) is 1.04. The number of ether oxygens (including phenoxy) is 1. The molecule has 1 aromatic rings. The Morgan fingerprint density at radius 2 is 2.21 bits per heavy atom. The first-order valence-corrected chi connectivity index (χ1v) is 7.40. The van der Waals surface area contributed by atoms with Gasteiger partial charge in [-0.15, -0.1) is 0 Å². The minimum absolute atomic E-state index is 0.0543. The van der Waals surface area contributed by atoms with Crippen LogP contribution in [0.25, 0.3) is 0 Å². The van der Waals surface area contributed by atoms with Crippen molar-refractivity contribution in [2.75, 3.05) is 32.0 Å². The number of rotatable bonds is 2. The van der Waals surface area contributed by atoms with Gasteiger partial charge in [-0.1, -0.05) is 12.1 Å². The summed E-state index contributed by atoms with van der Waals surface area (Å²) in [6.45, 7) is 5.50.